The van der Waals surface area contributed by atoms with Crippen molar-refractivity contribution in [2.24, 2.45) is 0 Å². The first-order valence-electron chi connectivity index (χ1n) is 8.40. The minimum absolute atomic E-state index is 0.132. The molecule has 1 heterocycles. The third-order valence-electron chi connectivity index (χ3n) is 4.66. The number of rotatable bonds is 7. The van der Waals surface area contributed by atoms with Gasteiger partial charge in [0, 0.05) is 51.4 Å². The van der Waals surface area contributed by atoms with E-state index in [1.807, 2.05) is 6.92 Å². The summed E-state index contributed by atoms with van der Waals surface area (Å²) in [6.07, 6.45) is 1.40. The Balaban J connectivity index is 2.06. The smallest absolute Gasteiger partial charge is 0.153 e. The molecule has 1 fully saturated rings. The maximum atomic E-state index is 13.4. The molecule has 25 heavy (non-hydrogen) atoms. The van der Waals surface area contributed by atoms with Gasteiger partial charge in [0.25, 0.3) is 0 Å². The molecule has 2 atom stereocenters. The Bertz CT molecular complexity index is 640. The van der Waals surface area contributed by atoms with Gasteiger partial charge in [0.2, 0.25) is 0 Å². The van der Waals surface area contributed by atoms with E-state index in [0.717, 1.165) is 37.2 Å². The summed E-state index contributed by atoms with van der Waals surface area (Å²) in [4.78, 5) is 16.1. The highest BCUT2D eigenvalue weighted by Crippen LogP contribution is 2.27. The van der Waals surface area contributed by atoms with Gasteiger partial charge in [-0.2, -0.15) is 0 Å². The maximum Gasteiger partial charge on any atom is 0.153 e. The van der Waals surface area contributed by atoms with Gasteiger partial charge in [0.05, 0.1) is 5.02 Å². The van der Waals surface area contributed by atoms with E-state index in [-0.39, 0.29) is 11.1 Å². The average Bonchev–Trinajstić information content (AvgIpc) is 2.56. The number of hydrogen-bond acceptors (Lipinski definition) is 4. The van der Waals surface area contributed by atoms with E-state index in [2.05, 4.69) is 23.3 Å². The molecule has 1 aliphatic rings. The van der Waals surface area contributed by atoms with Crippen LogP contribution in [0.15, 0.2) is 30.4 Å². The molecule has 1 saturated heterocycles. The van der Waals surface area contributed by atoms with E-state index in [1.54, 1.807) is 19.2 Å². The zero-order chi connectivity index (χ0) is 18.6. The summed E-state index contributed by atoms with van der Waals surface area (Å²) in [5.41, 5.74) is 0.975. The van der Waals surface area contributed by atoms with Gasteiger partial charge in [-0.3, -0.25) is 4.90 Å². The highest BCUT2D eigenvalue weighted by atomic mass is 35.5. The third kappa shape index (κ3) is 4.81. The van der Waals surface area contributed by atoms with E-state index in [4.69, 9.17) is 16.3 Å². The first kappa shape index (κ1) is 19.9. The van der Waals surface area contributed by atoms with Gasteiger partial charge < -0.3 is 14.4 Å². The second kappa shape index (κ2) is 8.30. The fourth-order valence-corrected chi connectivity index (χ4v) is 3.61. The van der Waals surface area contributed by atoms with Gasteiger partial charge in [-0.15, -0.1) is 6.58 Å². The summed E-state index contributed by atoms with van der Waals surface area (Å²) in [5.74, 6) is -0.410. The Morgan fingerprint density at radius 1 is 1.52 bits per heavy atom. The second-order valence-electron chi connectivity index (χ2n) is 6.90. The standard InChI is InChI=1S/C19H26ClFN2O2/c1-14(2)10-19(13-24,25-4)12-22-7-8-23(15(3)11-22)16-5-6-18(21)17(20)9-16/h5-6,9,13,15H,1,7-8,10-12H2,2-4H3/t15-,19?/m0/s1. The fourth-order valence-electron chi connectivity index (χ4n) is 3.43. The highest BCUT2D eigenvalue weighted by molar-refractivity contribution is 6.31. The molecule has 6 heteroatoms. The second-order valence-corrected chi connectivity index (χ2v) is 7.30. The lowest BCUT2D eigenvalue weighted by atomic mass is 9.95. The minimum atomic E-state index is -0.854. The van der Waals surface area contributed by atoms with Crippen molar-refractivity contribution in [3.8, 4) is 0 Å². The third-order valence-corrected chi connectivity index (χ3v) is 4.95. The van der Waals surface area contributed by atoms with Crippen molar-refractivity contribution in [1.82, 2.24) is 4.90 Å². The molecule has 0 radical (unpaired) electrons. The summed E-state index contributed by atoms with van der Waals surface area (Å²) in [6, 6.07) is 5.02. The lowest BCUT2D eigenvalue weighted by Gasteiger charge is -2.43. The van der Waals surface area contributed by atoms with Crippen LogP contribution in [0.3, 0.4) is 0 Å². The predicted molar refractivity (Wildman–Crippen MR) is 99.9 cm³/mol. The van der Waals surface area contributed by atoms with Crippen LogP contribution in [0, 0.1) is 5.82 Å². The summed E-state index contributed by atoms with van der Waals surface area (Å²) in [5, 5.41) is 0.132. The van der Waals surface area contributed by atoms with Crippen molar-refractivity contribution >= 4 is 23.6 Å². The van der Waals surface area contributed by atoms with Crippen molar-refractivity contribution in [3.05, 3.63) is 41.2 Å². The number of ether oxygens (including phenoxy) is 1. The Labute approximate surface area is 154 Å². The lowest BCUT2D eigenvalue weighted by molar-refractivity contribution is -0.130. The van der Waals surface area contributed by atoms with Crippen LogP contribution in [0.5, 0.6) is 0 Å². The molecule has 2 rings (SSSR count). The number of aldehydes is 1. The van der Waals surface area contributed by atoms with Gasteiger partial charge in [0.15, 0.2) is 6.29 Å². The van der Waals surface area contributed by atoms with Crippen molar-refractivity contribution in [2.45, 2.75) is 31.9 Å². The average molecular weight is 369 g/mol. The molecule has 0 N–H and O–H groups in total. The lowest BCUT2D eigenvalue weighted by Crippen LogP contribution is -2.56. The minimum Gasteiger partial charge on any atom is -0.369 e. The van der Waals surface area contributed by atoms with Crippen molar-refractivity contribution in [2.75, 3.05) is 38.2 Å². The molecular formula is C19H26ClFN2O2. The molecule has 1 aromatic rings. The maximum absolute atomic E-state index is 13.4. The summed E-state index contributed by atoms with van der Waals surface area (Å²) >= 11 is 5.91. The van der Waals surface area contributed by atoms with Crippen molar-refractivity contribution < 1.29 is 13.9 Å². The van der Waals surface area contributed by atoms with Crippen LogP contribution in [0.1, 0.15) is 20.3 Å². The number of benzene rings is 1. The normalized spacial score (nSPS) is 21.0. The van der Waals surface area contributed by atoms with Gasteiger partial charge in [-0.05, 0) is 32.0 Å². The number of carbonyl (C=O) groups excluding carboxylic acids is 1. The number of halogens is 2. The number of carbonyl (C=O) groups is 1. The van der Waals surface area contributed by atoms with E-state index in [0.29, 0.717) is 13.0 Å². The molecule has 4 nitrogen and oxygen atoms in total. The molecular weight excluding hydrogens is 343 g/mol. The summed E-state index contributed by atoms with van der Waals surface area (Å²) in [7, 11) is 1.57. The predicted octanol–water partition coefficient (Wildman–Crippen LogP) is 3.54. The van der Waals surface area contributed by atoms with E-state index >= 15 is 0 Å². The first-order valence-corrected chi connectivity index (χ1v) is 8.78. The van der Waals surface area contributed by atoms with Gasteiger partial charge in [0.1, 0.15) is 11.4 Å². The number of anilines is 1. The first-order chi connectivity index (χ1) is 11.8. The number of methoxy groups -OCH3 is 1. The molecule has 0 aliphatic carbocycles. The molecule has 0 bridgehead atoms. The van der Waals surface area contributed by atoms with Gasteiger partial charge in [-0.25, -0.2) is 4.39 Å². The molecule has 1 unspecified atom stereocenters. The van der Waals surface area contributed by atoms with Crippen LogP contribution >= 0.6 is 11.6 Å². The van der Waals surface area contributed by atoms with Crippen LogP contribution in [-0.2, 0) is 9.53 Å². The van der Waals surface area contributed by atoms with Crippen LogP contribution in [-0.4, -0.2) is 56.1 Å². The van der Waals surface area contributed by atoms with Gasteiger partial charge >= 0.3 is 0 Å². The van der Waals surface area contributed by atoms with Crippen molar-refractivity contribution in [3.63, 3.8) is 0 Å². The van der Waals surface area contributed by atoms with Crippen LogP contribution in [0.4, 0.5) is 10.1 Å². The topological polar surface area (TPSA) is 32.8 Å². The highest BCUT2D eigenvalue weighted by Gasteiger charge is 2.34. The SMILES string of the molecule is C=C(C)CC(C=O)(CN1CCN(c2ccc(F)c(Cl)c2)[C@@H](C)C1)OC. The quantitative estimate of drug-likeness (QED) is 0.544. The summed E-state index contributed by atoms with van der Waals surface area (Å²) < 4.78 is 18.9. The zero-order valence-corrected chi connectivity index (χ0v) is 15.9. The zero-order valence-electron chi connectivity index (χ0n) is 15.1. The Morgan fingerprint density at radius 2 is 2.24 bits per heavy atom. The van der Waals surface area contributed by atoms with Gasteiger partial charge in [-0.1, -0.05) is 17.2 Å². The molecule has 0 spiro atoms. The monoisotopic (exact) mass is 368 g/mol. The van der Waals surface area contributed by atoms with Crippen molar-refractivity contribution in [1.29, 1.82) is 0 Å². The number of piperazine rings is 1. The Kier molecular flexibility index (Phi) is 6.60. The van der Waals surface area contributed by atoms with Crippen LogP contribution in [0.25, 0.3) is 0 Å². The van der Waals surface area contributed by atoms with Crippen LogP contribution < -0.4 is 4.90 Å². The van der Waals surface area contributed by atoms with E-state index < -0.39 is 11.4 Å². The molecule has 0 amide bonds. The molecule has 138 valence electrons. The van der Waals surface area contributed by atoms with E-state index in [1.165, 1.54) is 6.07 Å². The van der Waals surface area contributed by atoms with Crippen LogP contribution in [0.2, 0.25) is 5.02 Å². The Morgan fingerprint density at radius 3 is 2.76 bits per heavy atom. The number of nitrogens with zero attached hydrogens (tertiary/aromatic N) is 2. The number of hydrogen-bond donors (Lipinski definition) is 0. The molecule has 0 saturated carbocycles. The molecule has 1 aliphatic heterocycles. The Hall–Kier alpha value is -1.43. The van der Waals surface area contributed by atoms with E-state index in [9.17, 15) is 9.18 Å². The fraction of sp³-hybridized carbons (Fsp3) is 0.526. The molecule has 1 aromatic carbocycles. The molecule has 0 aromatic heterocycles. The summed E-state index contributed by atoms with van der Waals surface area (Å²) in [6.45, 7) is 10.8. The largest absolute Gasteiger partial charge is 0.369 e.